The quantitative estimate of drug-likeness (QED) is 0.540. The third-order valence-electron chi connectivity index (χ3n) is 4.42. The first-order valence-electron chi connectivity index (χ1n) is 8.87. The van der Waals surface area contributed by atoms with Crippen molar-refractivity contribution < 1.29 is 10.2 Å². The van der Waals surface area contributed by atoms with Crippen LogP contribution in [0, 0.1) is 22.7 Å². The van der Waals surface area contributed by atoms with Crippen LogP contribution in [-0.2, 0) is 0 Å². The van der Waals surface area contributed by atoms with Gasteiger partial charge in [-0.2, -0.15) is 10.5 Å². The summed E-state index contributed by atoms with van der Waals surface area (Å²) in [7, 11) is 0. The first-order chi connectivity index (χ1) is 14.6. The molecule has 7 nitrogen and oxygen atoms in total. The summed E-state index contributed by atoms with van der Waals surface area (Å²) in [5, 5.41) is 38.7. The highest BCUT2D eigenvalue weighted by Gasteiger charge is 2.16. The maximum Gasteiger partial charge on any atom is 0.167 e. The minimum atomic E-state index is -0.144. The van der Waals surface area contributed by atoms with Crippen molar-refractivity contribution in [3.8, 4) is 57.8 Å². The number of nitriles is 2. The molecule has 4 aromatic rings. The van der Waals surface area contributed by atoms with E-state index in [0.717, 1.165) is 0 Å². The lowest BCUT2D eigenvalue weighted by molar-refractivity contribution is 0.476. The van der Waals surface area contributed by atoms with Gasteiger partial charge in [0.2, 0.25) is 0 Å². The Hall–Kier alpha value is -4.75. The Morgan fingerprint density at radius 2 is 1.17 bits per heavy atom. The molecular formula is C23H13N5O2. The molecular weight excluding hydrogens is 378 g/mol. The first kappa shape index (κ1) is 18.6. The monoisotopic (exact) mass is 391 g/mol. The number of aromatic hydroxyl groups is 2. The zero-order chi connectivity index (χ0) is 21.1. The minimum Gasteiger partial charge on any atom is -0.507 e. The fraction of sp³-hybridized carbons (Fsp3) is 0. The van der Waals surface area contributed by atoms with Gasteiger partial charge in [0.1, 0.15) is 11.5 Å². The molecule has 30 heavy (non-hydrogen) atoms. The van der Waals surface area contributed by atoms with Crippen LogP contribution < -0.4 is 0 Å². The maximum absolute atomic E-state index is 10.4. The van der Waals surface area contributed by atoms with E-state index in [4.69, 9.17) is 10.5 Å². The molecule has 0 atom stereocenters. The second-order valence-corrected chi connectivity index (χ2v) is 6.36. The summed E-state index contributed by atoms with van der Waals surface area (Å²) >= 11 is 0. The lowest BCUT2D eigenvalue weighted by Crippen LogP contribution is -2.00. The van der Waals surface area contributed by atoms with E-state index in [1.54, 1.807) is 54.6 Å². The number of hydrogen-bond donors (Lipinski definition) is 2. The van der Waals surface area contributed by atoms with Crippen LogP contribution in [0.2, 0.25) is 0 Å². The van der Waals surface area contributed by atoms with E-state index in [2.05, 4.69) is 21.0 Å². The lowest BCUT2D eigenvalue weighted by atomic mass is 10.1. The van der Waals surface area contributed by atoms with Crippen LogP contribution in [0.4, 0.5) is 0 Å². The van der Waals surface area contributed by atoms with Crippen LogP contribution >= 0.6 is 0 Å². The standard InChI is InChI=1S/C23H13N5O2/c24-12-14-5-8-16(9-6-14)21-26-22(17-3-1-2-4-19(17)29)28-23(27-21)18-10-7-15(13-25)11-20(18)30/h1-11,29-30H. The molecule has 0 spiro atoms. The van der Waals surface area contributed by atoms with E-state index in [9.17, 15) is 10.2 Å². The smallest absolute Gasteiger partial charge is 0.167 e. The number of para-hydroxylation sites is 1. The molecule has 0 unspecified atom stereocenters. The van der Waals surface area contributed by atoms with Gasteiger partial charge < -0.3 is 10.2 Å². The summed E-state index contributed by atoms with van der Waals surface area (Å²) in [5.41, 5.74) is 2.17. The van der Waals surface area contributed by atoms with Gasteiger partial charge in [0.15, 0.2) is 17.5 Å². The molecule has 142 valence electrons. The first-order valence-corrected chi connectivity index (χ1v) is 8.87. The van der Waals surface area contributed by atoms with Gasteiger partial charge in [-0.05, 0) is 54.6 Å². The van der Waals surface area contributed by atoms with Gasteiger partial charge in [-0.25, -0.2) is 15.0 Å². The molecule has 2 N–H and O–H groups in total. The van der Waals surface area contributed by atoms with Crippen molar-refractivity contribution in [3.63, 3.8) is 0 Å². The molecule has 4 rings (SSSR count). The predicted octanol–water partition coefficient (Wildman–Crippen LogP) is 4.03. The summed E-state index contributed by atoms with van der Waals surface area (Å²) < 4.78 is 0. The molecule has 7 heteroatoms. The van der Waals surface area contributed by atoms with Gasteiger partial charge in [-0.3, -0.25) is 0 Å². The zero-order valence-electron chi connectivity index (χ0n) is 15.5. The number of benzene rings is 3. The molecule has 0 aliphatic heterocycles. The number of rotatable bonds is 3. The van der Waals surface area contributed by atoms with Crippen LogP contribution in [-0.4, -0.2) is 25.2 Å². The van der Waals surface area contributed by atoms with E-state index >= 15 is 0 Å². The predicted molar refractivity (Wildman–Crippen MR) is 109 cm³/mol. The average Bonchev–Trinajstić information content (AvgIpc) is 2.79. The van der Waals surface area contributed by atoms with Crippen molar-refractivity contribution in [2.75, 3.05) is 0 Å². The molecule has 0 aliphatic rings. The lowest BCUT2D eigenvalue weighted by Gasteiger charge is -2.10. The van der Waals surface area contributed by atoms with Gasteiger partial charge in [0, 0.05) is 5.56 Å². The average molecular weight is 391 g/mol. The number of aromatic nitrogens is 3. The Kier molecular flexibility index (Phi) is 4.78. The van der Waals surface area contributed by atoms with Crippen molar-refractivity contribution in [2.24, 2.45) is 0 Å². The number of nitrogens with zero attached hydrogens (tertiary/aromatic N) is 5. The molecule has 0 saturated heterocycles. The fourth-order valence-electron chi connectivity index (χ4n) is 2.89. The molecule has 3 aromatic carbocycles. The Morgan fingerprint density at radius 1 is 0.600 bits per heavy atom. The Bertz CT molecular complexity index is 1340. The third-order valence-corrected chi connectivity index (χ3v) is 4.42. The number of hydrogen-bond acceptors (Lipinski definition) is 7. The van der Waals surface area contributed by atoms with Crippen molar-refractivity contribution >= 4 is 0 Å². The molecule has 0 amide bonds. The highest BCUT2D eigenvalue weighted by atomic mass is 16.3. The van der Waals surface area contributed by atoms with Crippen LogP contribution in [0.3, 0.4) is 0 Å². The van der Waals surface area contributed by atoms with Gasteiger partial charge in [-0.15, -0.1) is 0 Å². The van der Waals surface area contributed by atoms with Gasteiger partial charge in [-0.1, -0.05) is 12.1 Å². The van der Waals surface area contributed by atoms with Crippen molar-refractivity contribution in [3.05, 3.63) is 77.9 Å². The van der Waals surface area contributed by atoms with Crippen molar-refractivity contribution in [2.45, 2.75) is 0 Å². The maximum atomic E-state index is 10.4. The van der Waals surface area contributed by atoms with Crippen LogP contribution in [0.5, 0.6) is 11.5 Å². The Morgan fingerprint density at radius 3 is 1.77 bits per heavy atom. The summed E-state index contributed by atoms with van der Waals surface area (Å²) in [6.07, 6.45) is 0. The van der Waals surface area contributed by atoms with Crippen LogP contribution in [0.15, 0.2) is 66.7 Å². The van der Waals surface area contributed by atoms with E-state index in [0.29, 0.717) is 33.6 Å². The van der Waals surface area contributed by atoms with Crippen LogP contribution in [0.25, 0.3) is 34.2 Å². The van der Waals surface area contributed by atoms with E-state index in [1.165, 1.54) is 12.1 Å². The molecule has 0 fully saturated rings. The van der Waals surface area contributed by atoms with E-state index in [-0.39, 0.29) is 23.1 Å². The van der Waals surface area contributed by atoms with E-state index in [1.807, 2.05) is 6.07 Å². The molecule has 0 saturated carbocycles. The molecule has 1 aromatic heterocycles. The molecule has 0 bridgehead atoms. The van der Waals surface area contributed by atoms with Crippen LogP contribution in [0.1, 0.15) is 11.1 Å². The highest BCUT2D eigenvalue weighted by molar-refractivity contribution is 5.72. The zero-order valence-corrected chi connectivity index (χ0v) is 15.5. The third kappa shape index (κ3) is 3.51. The summed E-state index contributed by atoms with van der Waals surface area (Å²) in [6, 6.07) is 21.8. The molecule has 0 aliphatic carbocycles. The topological polar surface area (TPSA) is 127 Å². The van der Waals surface area contributed by atoms with Gasteiger partial charge >= 0.3 is 0 Å². The van der Waals surface area contributed by atoms with Gasteiger partial charge in [0.05, 0.1) is 34.4 Å². The molecule has 0 radical (unpaired) electrons. The van der Waals surface area contributed by atoms with Gasteiger partial charge in [0.25, 0.3) is 0 Å². The Labute approximate surface area is 171 Å². The van der Waals surface area contributed by atoms with E-state index < -0.39 is 0 Å². The summed E-state index contributed by atoms with van der Waals surface area (Å²) in [4.78, 5) is 13.4. The minimum absolute atomic E-state index is 0.00415. The van der Waals surface area contributed by atoms with Crippen molar-refractivity contribution in [1.29, 1.82) is 10.5 Å². The summed E-state index contributed by atoms with van der Waals surface area (Å²) in [5.74, 6) is 0.580. The normalized spacial score (nSPS) is 10.2. The van der Waals surface area contributed by atoms with Crippen molar-refractivity contribution in [1.82, 2.24) is 15.0 Å². The number of phenols is 2. The Balaban J connectivity index is 1.94. The second kappa shape index (κ2) is 7.70. The second-order valence-electron chi connectivity index (χ2n) is 6.36. The molecule has 1 heterocycles. The largest absolute Gasteiger partial charge is 0.507 e. The summed E-state index contributed by atoms with van der Waals surface area (Å²) in [6.45, 7) is 0. The highest BCUT2D eigenvalue weighted by Crippen LogP contribution is 2.32. The SMILES string of the molecule is N#Cc1ccc(-c2nc(-c3ccccc3O)nc(-c3ccc(C#N)cc3O)n2)cc1. The number of phenolic OH excluding ortho intramolecular Hbond substituents is 2. The fourth-order valence-corrected chi connectivity index (χ4v) is 2.89.